The lowest BCUT2D eigenvalue weighted by Gasteiger charge is -2.45. The van der Waals surface area contributed by atoms with Crippen molar-refractivity contribution >= 4 is 29.2 Å². The number of fused-ring (bicyclic) bond motifs is 3. The Morgan fingerprint density at radius 3 is 2.56 bits per heavy atom. The van der Waals surface area contributed by atoms with E-state index in [4.69, 9.17) is 0 Å². The second-order valence-electron chi connectivity index (χ2n) is 11.6. The average Bonchev–Trinajstić information content (AvgIpc) is 3.63. The van der Waals surface area contributed by atoms with Crippen molar-refractivity contribution in [3.05, 3.63) is 88.6 Å². The maximum absolute atomic E-state index is 14.1. The summed E-state index contributed by atoms with van der Waals surface area (Å²) in [6.45, 7) is 0.0365. The van der Waals surface area contributed by atoms with E-state index in [1.165, 1.54) is 17.0 Å². The molecule has 0 bridgehead atoms. The van der Waals surface area contributed by atoms with Gasteiger partial charge in [-0.25, -0.2) is 13.8 Å². The van der Waals surface area contributed by atoms with E-state index in [2.05, 4.69) is 20.9 Å². The third kappa shape index (κ3) is 4.20. The molecule has 2 aromatic carbocycles. The summed E-state index contributed by atoms with van der Waals surface area (Å²) in [7, 11) is 0. The summed E-state index contributed by atoms with van der Waals surface area (Å²) in [5, 5.41) is 9.15. The molecule has 0 unspecified atom stereocenters. The molecule has 4 aliphatic rings. The van der Waals surface area contributed by atoms with Gasteiger partial charge in [0.25, 0.3) is 0 Å². The number of anilines is 2. The van der Waals surface area contributed by atoms with Crippen molar-refractivity contribution in [2.75, 3.05) is 23.7 Å². The van der Waals surface area contributed by atoms with Crippen LogP contribution in [0.25, 0.3) is 0 Å². The molecule has 1 saturated carbocycles. The Bertz CT molecular complexity index is 1580. The lowest BCUT2D eigenvalue weighted by molar-refractivity contribution is -0.147. The Kier molecular flexibility index (Phi) is 5.93. The van der Waals surface area contributed by atoms with Crippen LogP contribution in [0.5, 0.6) is 0 Å². The first-order chi connectivity index (χ1) is 19.8. The second kappa shape index (κ2) is 9.44. The van der Waals surface area contributed by atoms with Crippen molar-refractivity contribution in [1.82, 2.24) is 15.2 Å². The quantitative estimate of drug-likeness (QED) is 0.453. The molecule has 210 valence electrons. The number of piperazine rings is 1. The average molecular weight is 558 g/mol. The summed E-state index contributed by atoms with van der Waals surface area (Å²) in [6.07, 6.45) is 5.80. The fraction of sp³-hybridized carbons (Fsp3) is 0.355. The molecule has 3 aromatic rings. The standard InChI is InChI=1S/C31H29F2N5O3/c32-21-10-19(11-22(33)13-21)25-16-35-31(7-1-2-8-31)29(41)38(25)17-26(39)36-23-6-5-18-14-30(15-20(18)12-23)24-4-3-9-34-27(24)37-28(30)40/h3-6,9-13,25,35H,1-2,7-8,14-17H2,(H,36,39)(H,34,37,40)/t25-,30-/m1/s1. The summed E-state index contributed by atoms with van der Waals surface area (Å²) in [4.78, 5) is 45.9. The third-order valence-corrected chi connectivity index (χ3v) is 9.19. The largest absolute Gasteiger partial charge is 0.325 e. The van der Waals surface area contributed by atoms with Gasteiger partial charge in [-0.1, -0.05) is 25.0 Å². The highest BCUT2D eigenvalue weighted by molar-refractivity contribution is 6.06. The Hall–Kier alpha value is -4.18. The van der Waals surface area contributed by atoms with Gasteiger partial charge in [-0.2, -0.15) is 0 Å². The Balaban J connectivity index is 1.12. The van der Waals surface area contributed by atoms with Gasteiger partial charge in [-0.3, -0.25) is 14.4 Å². The van der Waals surface area contributed by atoms with Gasteiger partial charge < -0.3 is 20.9 Å². The number of benzene rings is 2. The second-order valence-corrected chi connectivity index (χ2v) is 11.6. The van der Waals surface area contributed by atoms with Crippen LogP contribution in [0.3, 0.4) is 0 Å². The predicted octanol–water partition coefficient (Wildman–Crippen LogP) is 3.77. The van der Waals surface area contributed by atoms with Gasteiger partial charge in [0.15, 0.2) is 0 Å². The zero-order valence-corrected chi connectivity index (χ0v) is 22.3. The van der Waals surface area contributed by atoms with Crippen LogP contribution in [-0.2, 0) is 32.6 Å². The number of rotatable bonds is 4. The summed E-state index contributed by atoms with van der Waals surface area (Å²) in [5.74, 6) is -1.58. The van der Waals surface area contributed by atoms with E-state index in [1.807, 2.05) is 24.3 Å². The topological polar surface area (TPSA) is 103 Å². The molecule has 3 heterocycles. The van der Waals surface area contributed by atoms with Crippen molar-refractivity contribution in [2.24, 2.45) is 0 Å². The number of pyridine rings is 1. The van der Waals surface area contributed by atoms with Crippen LogP contribution in [-0.4, -0.2) is 46.2 Å². The number of aromatic nitrogens is 1. The van der Waals surface area contributed by atoms with E-state index < -0.39 is 34.5 Å². The van der Waals surface area contributed by atoms with Crippen LogP contribution in [0.1, 0.15) is 54.0 Å². The minimum atomic E-state index is -0.752. The first-order valence-electron chi connectivity index (χ1n) is 14.0. The summed E-state index contributed by atoms with van der Waals surface area (Å²) >= 11 is 0. The van der Waals surface area contributed by atoms with Crippen LogP contribution in [0.2, 0.25) is 0 Å². The van der Waals surface area contributed by atoms with Crippen LogP contribution < -0.4 is 16.0 Å². The fourth-order valence-electron chi connectivity index (χ4n) is 7.21. The molecule has 0 radical (unpaired) electrons. The first-order valence-corrected chi connectivity index (χ1v) is 14.0. The molecule has 2 aliphatic heterocycles. The van der Waals surface area contributed by atoms with E-state index in [9.17, 15) is 23.2 Å². The molecule has 41 heavy (non-hydrogen) atoms. The number of carbonyl (C=O) groups is 3. The van der Waals surface area contributed by atoms with E-state index in [0.29, 0.717) is 49.3 Å². The van der Waals surface area contributed by atoms with Crippen LogP contribution in [0, 0.1) is 11.6 Å². The maximum Gasteiger partial charge on any atom is 0.244 e. The minimum absolute atomic E-state index is 0.0779. The van der Waals surface area contributed by atoms with Crippen molar-refractivity contribution in [3.63, 3.8) is 0 Å². The Labute approximate surface area is 235 Å². The minimum Gasteiger partial charge on any atom is -0.325 e. The molecule has 1 saturated heterocycles. The molecular formula is C31H29F2N5O3. The lowest BCUT2D eigenvalue weighted by Crippen LogP contribution is -2.64. The predicted molar refractivity (Wildman–Crippen MR) is 147 cm³/mol. The zero-order chi connectivity index (χ0) is 28.4. The van der Waals surface area contributed by atoms with Crippen LogP contribution in [0.15, 0.2) is 54.7 Å². The van der Waals surface area contributed by atoms with Gasteiger partial charge in [0.2, 0.25) is 17.7 Å². The highest BCUT2D eigenvalue weighted by atomic mass is 19.1. The highest BCUT2D eigenvalue weighted by Crippen LogP contribution is 2.47. The molecule has 2 fully saturated rings. The van der Waals surface area contributed by atoms with Gasteiger partial charge in [0, 0.05) is 30.1 Å². The molecule has 3 amide bonds. The van der Waals surface area contributed by atoms with Crippen molar-refractivity contribution in [2.45, 2.75) is 55.5 Å². The lowest BCUT2D eigenvalue weighted by atomic mass is 9.79. The first kappa shape index (κ1) is 25.8. The Morgan fingerprint density at radius 2 is 1.78 bits per heavy atom. The molecule has 1 aromatic heterocycles. The number of hydrogen-bond acceptors (Lipinski definition) is 5. The molecule has 2 aliphatic carbocycles. The van der Waals surface area contributed by atoms with E-state index >= 15 is 0 Å². The van der Waals surface area contributed by atoms with Crippen LogP contribution in [0.4, 0.5) is 20.3 Å². The van der Waals surface area contributed by atoms with Gasteiger partial charge in [0.1, 0.15) is 24.0 Å². The number of halogens is 2. The molecule has 8 nitrogen and oxygen atoms in total. The number of hydrogen-bond donors (Lipinski definition) is 3. The smallest absolute Gasteiger partial charge is 0.244 e. The maximum atomic E-state index is 14.1. The number of nitrogens with zero attached hydrogens (tertiary/aromatic N) is 2. The van der Waals surface area contributed by atoms with Gasteiger partial charge >= 0.3 is 0 Å². The summed E-state index contributed by atoms with van der Waals surface area (Å²) < 4.78 is 28.2. The molecule has 2 spiro atoms. The van der Waals surface area contributed by atoms with Crippen molar-refractivity contribution in [1.29, 1.82) is 0 Å². The number of nitrogens with one attached hydrogen (secondary N) is 3. The molecular weight excluding hydrogens is 528 g/mol. The summed E-state index contributed by atoms with van der Waals surface area (Å²) in [6, 6.07) is 11.9. The molecule has 2 atom stereocenters. The van der Waals surface area contributed by atoms with Gasteiger partial charge in [-0.05, 0) is 72.7 Å². The van der Waals surface area contributed by atoms with Crippen LogP contribution >= 0.6 is 0 Å². The fourth-order valence-corrected chi connectivity index (χ4v) is 7.21. The molecule has 3 N–H and O–H groups in total. The third-order valence-electron chi connectivity index (χ3n) is 9.19. The zero-order valence-electron chi connectivity index (χ0n) is 22.3. The highest BCUT2D eigenvalue weighted by Gasteiger charge is 2.51. The van der Waals surface area contributed by atoms with E-state index in [-0.39, 0.29) is 18.4 Å². The molecule has 10 heteroatoms. The SMILES string of the molecule is O=C(CN1C(=O)C2(CCCC2)NC[C@@H]1c1cc(F)cc(F)c1)Nc1ccc2c(c1)C[C@@]1(C2)C(=O)Nc2ncccc21. The molecule has 7 rings (SSSR count). The van der Waals surface area contributed by atoms with Gasteiger partial charge in [-0.15, -0.1) is 0 Å². The van der Waals surface area contributed by atoms with Gasteiger partial charge in [0.05, 0.1) is 17.0 Å². The van der Waals surface area contributed by atoms with Crippen molar-refractivity contribution in [3.8, 4) is 0 Å². The number of amides is 3. The van der Waals surface area contributed by atoms with E-state index in [1.54, 1.807) is 12.3 Å². The number of carbonyl (C=O) groups excluding carboxylic acids is 3. The van der Waals surface area contributed by atoms with Crippen molar-refractivity contribution < 1.29 is 23.2 Å². The normalized spacial score (nSPS) is 24.0. The summed E-state index contributed by atoms with van der Waals surface area (Å²) in [5.41, 5.74) is 2.26. The van der Waals surface area contributed by atoms with E-state index in [0.717, 1.165) is 35.6 Å². The monoisotopic (exact) mass is 557 g/mol. The Morgan fingerprint density at radius 1 is 1.02 bits per heavy atom.